The standard InChI is InChI=1S/C12H15Cl2NO5S/c1-2-3-9(8-21(14,18)19)7-20-12-6-10(13)4-5-11(12)15(16)17/h4-6,9H,2-3,7-8H2,1H3. The van der Waals surface area contributed by atoms with Crippen LogP contribution < -0.4 is 4.74 Å². The van der Waals surface area contributed by atoms with Crippen molar-refractivity contribution >= 4 is 37.0 Å². The Labute approximate surface area is 132 Å². The first-order valence-corrected chi connectivity index (χ1v) is 9.07. The van der Waals surface area contributed by atoms with Crippen molar-refractivity contribution in [3.63, 3.8) is 0 Å². The van der Waals surface area contributed by atoms with Crippen molar-refractivity contribution in [1.82, 2.24) is 0 Å². The van der Waals surface area contributed by atoms with Crippen LogP contribution in [0.25, 0.3) is 0 Å². The molecule has 21 heavy (non-hydrogen) atoms. The predicted molar refractivity (Wildman–Crippen MR) is 81.6 cm³/mol. The van der Waals surface area contributed by atoms with Gasteiger partial charge in [0.25, 0.3) is 0 Å². The molecule has 1 aromatic rings. The molecule has 0 heterocycles. The van der Waals surface area contributed by atoms with Gasteiger partial charge >= 0.3 is 5.69 Å². The van der Waals surface area contributed by atoms with E-state index in [2.05, 4.69) is 0 Å². The molecule has 118 valence electrons. The van der Waals surface area contributed by atoms with E-state index in [-0.39, 0.29) is 29.7 Å². The summed E-state index contributed by atoms with van der Waals surface area (Å²) in [6.45, 7) is 1.91. The molecule has 0 aliphatic rings. The van der Waals surface area contributed by atoms with E-state index in [0.717, 1.165) is 6.42 Å². The van der Waals surface area contributed by atoms with Gasteiger partial charge in [-0.15, -0.1) is 0 Å². The van der Waals surface area contributed by atoms with Crippen LogP contribution in [0.2, 0.25) is 5.02 Å². The molecule has 0 N–H and O–H groups in total. The summed E-state index contributed by atoms with van der Waals surface area (Å²) in [6, 6.07) is 3.96. The maximum Gasteiger partial charge on any atom is 0.311 e. The Kier molecular flexibility index (Phi) is 6.70. The molecule has 0 aromatic heterocycles. The van der Waals surface area contributed by atoms with Gasteiger partial charge in [0.05, 0.1) is 17.3 Å². The van der Waals surface area contributed by atoms with Crippen molar-refractivity contribution in [3.8, 4) is 5.75 Å². The van der Waals surface area contributed by atoms with Crippen LogP contribution in [0, 0.1) is 16.0 Å². The third-order valence-electron chi connectivity index (χ3n) is 2.72. The Hall–Kier alpha value is -1.05. The molecule has 0 saturated heterocycles. The second-order valence-electron chi connectivity index (χ2n) is 4.54. The Morgan fingerprint density at radius 3 is 2.62 bits per heavy atom. The number of halogens is 2. The van der Waals surface area contributed by atoms with Gasteiger partial charge in [0.15, 0.2) is 5.75 Å². The van der Waals surface area contributed by atoms with Gasteiger partial charge < -0.3 is 4.74 Å². The zero-order valence-corrected chi connectivity index (χ0v) is 13.6. The van der Waals surface area contributed by atoms with Crippen LogP contribution in [-0.2, 0) is 9.05 Å². The van der Waals surface area contributed by atoms with Crippen molar-refractivity contribution in [2.24, 2.45) is 5.92 Å². The largest absolute Gasteiger partial charge is 0.486 e. The molecule has 0 aliphatic heterocycles. The van der Waals surface area contributed by atoms with Gasteiger partial charge in [-0.25, -0.2) is 8.42 Å². The van der Waals surface area contributed by atoms with E-state index in [4.69, 9.17) is 27.0 Å². The molecule has 1 unspecified atom stereocenters. The minimum atomic E-state index is -3.65. The summed E-state index contributed by atoms with van der Waals surface area (Å²) >= 11 is 5.78. The lowest BCUT2D eigenvalue weighted by Gasteiger charge is -2.15. The number of ether oxygens (including phenoxy) is 1. The SMILES string of the molecule is CCCC(COc1cc(Cl)ccc1[N+](=O)[O-])CS(=O)(=O)Cl. The molecule has 1 aromatic carbocycles. The Morgan fingerprint density at radius 1 is 1.43 bits per heavy atom. The summed E-state index contributed by atoms with van der Waals surface area (Å²) in [5.41, 5.74) is -0.219. The van der Waals surface area contributed by atoms with Crippen LogP contribution >= 0.6 is 22.3 Å². The van der Waals surface area contributed by atoms with Gasteiger partial charge in [-0.1, -0.05) is 24.9 Å². The number of hydrogen-bond acceptors (Lipinski definition) is 5. The first-order chi connectivity index (χ1) is 9.73. The van der Waals surface area contributed by atoms with Gasteiger partial charge in [0, 0.05) is 33.8 Å². The van der Waals surface area contributed by atoms with E-state index >= 15 is 0 Å². The zero-order valence-electron chi connectivity index (χ0n) is 11.3. The fraction of sp³-hybridized carbons (Fsp3) is 0.500. The molecule has 1 rings (SSSR count). The summed E-state index contributed by atoms with van der Waals surface area (Å²) < 4.78 is 27.7. The minimum absolute atomic E-state index is 0.0144. The Balaban J connectivity index is 2.84. The Morgan fingerprint density at radius 2 is 2.10 bits per heavy atom. The molecule has 0 fully saturated rings. The quantitative estimate of drug-likeness (QED) is 0.403. The van der Waals surface area contributed by atoms with E-state index in [1.165, 1.54) is 18.2 Å². The van der Waals surface area contributed by atoms with Crippen LogP contribution in [0.5, 0.6) is 5.75 Å². The van der Waals surface area contributed by atoms with Crippen molar-refractivity contribution in [2.75, 3.05) is 12.4 Å². The van der Waals surface area contributed by atoms with Gasteiger partial charge in [-0.05, 0) is 12.5 Å². The molecule has 9 heteroatoms. The average Bonchev–Trinajstić information content (AvgIpc) is 2.34. The normalized spacial score (nSPS) is 12.9. The topological polar surface area (TPSA) is 86.5 Å². The van der Waals surface area contributed by atoms with E-state index < -0.39 is 14.0 Å². The third-order valence-corrected chi connectivity index (χ3v) is 4.21. The van der Waals surface area contributed by atoms with E-state index in [0.29, 0.717) is 11.4 Å². The first-order valence-electron chi connectivity index (χ1n) is 6.22. The maximum atomic E-state index is 11.1. The summed E-state index contributed by atoms with van der Waals surface area (Å²) in [7, 11) is 1.59. The van der Waals surface area contributed by atoms with Gasteiger partial charge in [0.1, 0.15) is 0 Å². The monoisotopic (exact) mass is 355 g/mol. The minimum Gasteiger partial charge on any atom is -0.486 e. The number of benzene rings is 1. The summed E-state index contributed by atoms with van der Waals surface area (Å²) in [5.74, 6) is -0.562. The highest BCUT2D eigenvalue weighted by molar-refractivity contribution is 8.13. The van der Waals surface area contributed by atoms with Gasteiger partial charge in [-0.2, -0.15) is 0 Å². The molecule has 0 spiro atoms. The van der Waals surface area contributed by atoms with Crippen molar-refractivity contribution in [1.29, 1.82) is 0 Å². The lowest BCUT2D eigenvalue weighted by molar-refractivity contribution is -0.385. The molecule has 0 aliphatic carbocycles. The first kappa shape index (κ1) is 18.0. The lowest BCUT2D eigenvalue weighted by Crippen LogP contribution is -2.20. The summed E-state index contributed by atoms with van der Waals surface area (Å²) in [5, 5.41) is 11.2. The molecule has 0 radical (unpaired) electrons. The number of nitro groups is 1. The van der Waals surface area contributed by atoms with Crippen LogP contribution in [0.4, 0.5) is 5.69 Å². The van der Waals surface area contributed by atoms with Crippen LogP contribution in [0.15, 0.2) is 18.2 Å². The smallest absolute Gasteiger partial charge is 0.311 e. The van der Waals surface area contributed by atoms with Gasteiger partial charge in [-0.3, -0.25) is 10.1 Å². The van der Waals surface area contributed by atoms with Crippen molar-refractivity contribution < 1.29 is 18.1 Å². The highest BCUT2D eigenvalue weighted by Crippen LogP contribution is 2.30. The highest BCUT2D eigenvalue weighted by atomic mass is 35.7. The number of hydrogen-bond donors (Lipinski definition) is 0. The molecule has 0 bridgehead atoms. The number of rotatable bonds is 8. The van der Waals surface area contributed by atoms with E-state index in [1.54, 1.807) is 0 Å². The molecule has 0 amide bonds. The molecular weight excluding hydrogens is 341 g/mol. The maximum absolute atomic E-state index is 11.1. The van der Waals surface area contributed by atoms with Crippen molar-refractivity contribution in [3.05, 3.63) is 33.3 Å². The number of nitro benzene ring substituents is 1. The lowest BCUT2D eigenvalue weighted by atomic mass is 10.1. The van der Waals surface area contributed by atoms with Crippen LogP contribution in [0.1, 0.15) is 19.8 Å². The average molecular weight is 356 g/mol. The van der Waals surface area contributed by atoms with Gasteiger partial charge in [0.2, 0.25) is 9.05 Å². The molecule has 0 saturated carbocycles. The second kappa shape index (κ2) is 7.82. The summed E-state index contributed by atoms with van der Waals surface area (Å²) in [4.78, 5) is 10.3. The molecule has 6 nitrogen and oxygen atoms in total. The zero-order chi connectivity index (χ0) is 16.0. The third kappa shape index (κ3) is 6.50. The number of nitrogens with zero attached hydrogens (tertiary/aromatic N) is 1. The fourth-order valence-electron chi connectivity index (χ4n) is 1.87. The van der Waals surface area contributed by atoms with Crippen LogP contribution in [-0.4, -0.2) is 25.7 Å². The summed E-state index contributed by atoms with van der Waals surface area (Å²) in [6.07, 6.45) is 1.33. The van der Waals surface area contributed by atoms with Crippen molar-refractivity contribution in [2.45, 2.75) is 19.8 Å². The fourth-order valence-corrected chi connectivity index (χ4v) is 3.39. The Bertz CT molecular complexity index is 606. The second-order valence-corrected chi connectivity index (χ2v) is 7.80. The molecule has 1 atom stereocenters. The van der Waals surface area contributed by atoms with Crippen LogP contribution in [0.3, 0.4) is 0 Å². The molecular formula is C12H15Cl2NO5S. The predicted octanol–water partition coefficient (Wildman–Crippen LogP) is 3.61. The highest BCUT2D eigenvalue weighted by Gasteiger charge is 2.20. The van der Waals surface area contributed by atoms with E-state index in [9.17, 15) is 18.5 Å². The van der Waals surface area contributed by atoms with E-state index in [1.807, 2.05) is 6.92 Å².